The van der Waals surface area contributed by atoms with E-state index in [0.29, 0.717) is 6.54 Å². The minimum atomic E-state index is 0.0278. The average molecular weight is 419 g/mol. The number of rotatable bonds is 7. The predicted octanol–water partition coefficient (Wildman–Crippen LogP) is 1.83. The number of amides is 1. The number of fused-ring (bicyclic) bond motifs is 1. The second-order valence-electron chi connectivity index (χ2n) is 8.48. The second-order valence-corrected chi connectivity index (χ2v) is 8.48. The van der Waals surface area contributed by atoms with Crippen molar-refractivity contribution in [1.82, 2.24) is 0 Å². The number of hydrogen-bond acceptors (Lipinski definition) is 2. The number of piperazine rings is 1. The topological polar surface area (TPSA) is 53.4 Å². The standard InChI is InChI=1S/C26H32N4O/c1-3-29-15-17-30(18-16-29)23-13-11-22(12-14-23)28-26(31)19-27-20(2)24-10-6-8-21-7-4-5-9-25(21)24/h4-14,20,27H,3,15-19H2,1-2H3,(H,28,31)/p+2/t20-/m0/s1. The van der Waals surface area contributed by atoms with E-state index < -0.39 is 0 Å². The summed E-state index contributed by atoms with van der Waals surface area (Å²) >= 11 is 0. The number of nitrogens with two attached hydrogens (primary N) is 1. The van der Waals surface area contributed by atoms with Crippen LogP contribution in [0.15, 0.2) is 66.7 Å². The smallest absolute Gasteiger partial charge is 0.279 e. The SMILES string of the molecule is CC[NH+]1CCN(c2ccc(NC(=O)C[NH2+][C@@H](C)c3cccc4ccccc34)cc2)CC1. The van der Waals surface area contributed by atoms with E-state index in [1.807, 2.05) is 12.1 Å². The Morgan fingerprint density at radius 3 is 2.48 bits per heavy atom. The minimum Gasteiger partial charge on any atom is -0.360 e. The van der Waals surface area contributed by atoms with Crippen LogP contribution in [-0.2, 0) is 4.79 Å². The molecule has 0 radical (unpaired) electrons. The summed E-state index contributed by atoms with van der Waals surface area (Å²) < 4.78 is 0. The maximum absolute atomic E-state index is 12.5. The van der Waals surface area contributed by atoms with E-state index in [9.17, 15) is 4.79 Å². The number of carbonyl (C=O) groups is 1. The van der Waals surface area contributed by atoms with Crippen LogP contribution in [0.4, 0.5) is 11.4 Å². The molecule has 1 fully saturated rings. The Bertz CT molecular complexity index is 1000. The highest BCUT2D eigenvalue weighted by molar-refractivity contribution is 5.91. The minimum absolute atomic E-state index is 0.0278. The summed E-state index contributed by atoms with van der Waals surface area (Å²) in [6.07, 6.45) is 0. The van der Waals surface area contributed by atoms with Crippen molar-refractivity contribution in [2.75, 3.05) is 49.5 Å². The number of nitrogens with zero attached hydrogens (tertiary/aromatic N) is 1. The van der Waals surface area contributed by atoms with Gasteiger partial charge in [0, 0.05) is 16.9 Å². The molecule has 1 atom stereocenters. The van der Waals surface area contributed by atoms with Crippen LogP contribution < -0.4 is 20.4 Å². The fourth-order valence-electron chi connectivity index (χ4n) is 4.46. The van der Waals surface area contributed by atoms with Gasteiger partial charge in [-0.2, -0.15) is 0 Å². The van der Waals surface area contributed by atoms with Gasteiger partial charge < -0.3 is 20.4 Å². The zero-order valence-electron chi connectivity index (χ0n) is 18.6. The lowest BCUT2D eigenvalue weighted by Crippen LogP contribution is -3.14. The van der Waals surface area contributed by atoms with Crippen molar-refractivity contribution >= 4 is 28.1 Å². The summed E-state index contributed by atoms with van der Waals surface area (Å²) in [6.45, 7) is 10.6. The molecule has 31 heavy (non-hydrogen) atoms. The third kappa shape index (κ3) is 5.24. The first-order valence-corrected chi connectivity index (χ1v) is 11.4. The van der Waals surface area contributed by atoms with E-state index in [-0.39, 0.29) is 11.9 Å². The van der Waals surface area contributed by atoms with Gasteiger partial charge in [-0.1, -0.05) is 42.5 Å². The van der Waals surface area contributed by atoms with Crippen LogP contribution in [0.3, 0.4) is 0 Å². The Morgan fingerprint density at radius 1 is 1.03 bits per heavy atom. The first kappa shape index (κ1) is 21.3. The zero-order valence-corrected chi connectivity index (χ0v) is 18.6. The zero-order chi connectivity index (χ0) is 21.6. The number of anilines is 2. The molecule has 1 heterocycles. The van der Waals surface area contributed by atoms with E-state index >= 15 is 0 Å². The van der Waals surface area contributed by atoms with Crippen LogP contribution in [0.1, 0.15) is 25.5 Å². The van der Waals surface area contributed by atoms with Crippen LogP contribution in [0.2, 0.25) is 0 Å². The monoisotopic (exact) mass is 418 g/mol. The van der Waals surface area contributed by atoms with E-state index in [1.165, 1.54) is 41.7 Å². The van der Waals surface area contributed by atoms with Gasteiger partial charge in [0.15, 0.2) is 6.54 Å². The Kier molecular flexibility index (Phi) is 6.85. The number of nitrogens with one attached hydrogen (secondary N) is 2. The van der Waals surface area contributed by atoms with Gasteiger partial charge in [0.05, 0.1) is 32.7 Å². The summed E-state index contributed by atoms with van der Waals surface area (Å²) in [6, 6.07) is 23.3. The molecule has 0 bridgehead atoms. The van der Waals surface area contributed by atoms with E-state index in [0.717, 1.165) is 18.8 Å². The molecule has 0 aromatic heterocycles. The molecule has 0 spiro atoms. The van der Waals surface area contributed by atoms with Crippen LogP contribution >= 0.6 is 0 Å². The lowest BCUT2D eigenvalue weighted by atomic mass is 10.00. The van der Waals surface area contributed by atoms with Crippen molar-refractivity contribution in [3.63, 3.8) is 0 Å². The first-order valence-electron chi connectivity index (χ1n) is 11.4. The third-order valence-corrected chi connectivity index (χ3v) is 6.46. The van der Waals surface area contributed by atoms with Crippen LogP contribution in [-0.4, -0.2) is 45.2 Å². The molecule has 162 valence electrons. The number of benzene rings is 3. The second kappa shape index (κ2) is 9.94. The van der Waals surface area contributed by atoms with Crippen molar-refractivity contribution in [3.05, 3.63) is 72.3 Å². The number of carbonyl (C=O) groups excluding carboxylic acids is 1. The van der Waals surface area contributed by atoms with Gasteiger partial charge in [0.2, 0.25) is 0 Å². The lowest BCUT2D eigenvalue weighted by molar-refractivity contribution is -0.898. The molecule has 1 aliphatic rings. The molecular formula is C26H34N4O+2. The van der Waals surface area contributed by atoms with Crippen molar-refractivity contribution in [2.24, 2.45) is 0 Å². The molecule has 3 aromatic rings. The molecule has 1 saturated heterocycles. The van der Waals surface area contributed by atoms with Gasteiger partial charge in [-0.05, 0) is 48.9 Å². The van der Waals surface area contributed by atoms with Gasteiger partial charge in [-0.25, -0.2) is 0 Å². The summed E-state index contributed by atoms with van der Waals surface area (Å²) in [5.41, 5.74) is 3.36. The summed E-state index contributed by atoms with van der Waals surface area (Å²) in [7, 11) is 0. The molecule has 4 N–H and O–H groups in total. The maximum Gasteiger partial charge on any atom is 0.279 e. The molecule has 5 nitrogen and oxygen atoms in total. The third-order valence-electron chi connectivity index (χ3n) is 6.46. The highest BCUT2D eigenvalue weighted by atomic mass is 16.1. The normalized spacial score (nSPS) is 15.7. The van der Waals surface area contributed by atoms with E-state index in [1.54, 1.807) is 4.90 Å². The maximum atomic E-state index is 12.5. The van der Waals surface area contributed by atoms with Crippen LogP contribution in [0, 0.1) is 0 Å². The van der Waals surface area contributed by atoms with Crippen LogP contribution in [0.25, 0.3) is 10.8 Å². The number of quaternary nitrogens is 2. The van der Waals surface area contributed by atoms with Crippen LogP contribution in [0.5, 0.6) is 0 Å². The molecule has 3 aromatic carbocycles. The molecule has 4 rings (SSSR count). The lowest BCUT2D eigenvalue weighted by Gasteiger charge is -2.33. The van der Waals surface area contributed by atoms with Gasteiger partial charge in [0.1, 0.15) is 6.04 Å². The van der Waals surface area contributed by atoms with Crippen molar-refractivity contribution in [2.45, 2.75) is 19.9 Å². The van der Waals surface area contributed by atoms with Crippen molar-refractivity contribution in [3.8, 4) is 0 Å². The number of hydrogen-bond donors (Lipinski definition) is 3. The highest BCUT2D eigenvalue weighted by Crippen LogP contribution is 2.22. The predicted molar refractivity (Wildman–Crippen MR) is 128 cm³/mol. The summed E-state index contributed by atoms with van der Waals surface area (Å²) in [5.74, 6) is 0.0278. The van der Waals surface area contributed by atoms with Crippen molar-refractivity contribution < 1.29 is 15.0 Å². The summed E-state index contributed by atoms with van der Waals surface area (Å²) in [4.78, 5) is 16.6. The highest BCUT2D eigenvalue weighted by Gasteiger charge is 2.19. The Labute approximate surface area is 185 Å². The van der Waals surface area contributed by atoms with Gasteiger partial charge in [-0.3, -0.25) is 4.79 Å². The average Bonchev–Trinajstić information content (AvgIpc) is 2.83. The Hall–Kier alpha value is -2.89. The van der Waals surface area contributed by atoms with E-state index in [4.69, 9.17) is 0 Å². The quantitative estimate of drug-likeness (QED) is 0.548. The van der Waals surface area contributed by atoms with Crippen molar-refractivity contribution in [1.29, 1.82) is 0 Å². The van der Waals surface area contributed by atoms with Gasteiger partial charge in [0.25, 0.3) is 5.91 Å². The Balaban J connectivity index is 1.30. The largest absolute Gasteiger partial charge is 0.360 e. The molecule has 0 unspecified atom stereocenters. The summed E-state index contributed by atoms with van der Waals surface area (Å²) in [5, 5.41) is 7.63. The molecule has 0 saturated carbocycles. The molecular weight excluding hydrogens is 384 g/mol. The number of likely N-dealkylation sites (N-methyl/N-ethyl adjacent to an activating group) is 1. The van der Waals surface area contributed by atoms with Gasteiger partial charge >= 0.3 is 0 Å². The first-order chi connectivity index (χ1) is 15.1. The molecule has 0 aliphatic carbocycles. The molecule has 1 aliphatic heterocycles. The Morgan fingerprint density at radius 2 is 1.74 bits per heavy atom. The fraction of sp³-hybridized carbons (Fsp3) is 0.346. The molecule has 1 amide bonds. The fourth-order valence-corrected chi connectivity index (χ4v) is 4.46. The van der Waals surface area contributed by atoms with Gasteiger partial charge in [-0.15, -0.1) is 0 Å². The van der Waals surface area contributed by atoms with E-state index in [2.05, 4.69) is 84.0 Å². The molecule has 5 heteroatoms.